The highest BCUT2D eigenvalue weighted by Crippen LogP contribution is 2.16. The summed E-state index contributed by atoms with van der Waals surface area (Å²) in [7, 11) is 0. The summed E-state index contributed by atoms with van der Waals surface area (Å²) in [5.74, 6) is 0.170. The van der Waals surface area contributed by atoms with Crippen molar-refractivity contribution >= 4 is 0 Å². The van der Waals surface area contributed by atoms with Crippen LogP contribution in [0.1, 0.15) is 12.8 Å². The Labute approximate surface area is 63.3 Å². The first kappa shape index (κ1) is 8.04. The van der Waals surface area contributed by atoms with Crippen molar-refractivity contribution in [2.75, 3.05) is 0 Å². The van der Waals surface area contributed by atoms with Crippen molar-refractivity contribution in [3.63, 3.8) is 0 Å². The zero-order valence-corrected chi connectivity index (χ0v) is 5.89. The summed E-state index contributed by atoms with van der Waals surface area (Å²) in [5.41, 5.74) is 5.98. The third kappa shape index (κ3) is 2.57. The molecule has 1 aliphatic rings. The third-order valence-corrected chi connectivity index (χ3v) is 1.33. The molecule has 0 heterocycles. The highest BCUT2D eigenvalue weighted by Gasteiger charge is 2.08. The van der Waals surface area contributed by atoms with E-state index in [4.69, 9.17) is 5.73 Å². The van der Waals surface area contributed by atoms with Crippen molar-refractivity contribution in [3.8, 4) is 0 Å². The van der Waals surface area contributed by atoms with Gasteiger partial charge in [0.25, 0.3) is 0 Å². The minimum Gasteiger partial charge on any atom is -0.435 e. The third-order valence-electron chi connectivity index (χ3n) is 1.33. The Balaban J connectivity index is 2.52. The molecule has 11 heavy (non-hydrogen) atoms. The number of allylic oxidation sites excluding steroid dienone is 3. The van der Waals surface area contributed by atoms with Crippen LogP contribution in [0, 0.1) is 0 Å². The summed E-state index contributed by atoms with van der Waals surface area (Å²) in [5, 5.41) is 0. The second-order valence-corrected chi connectivity index (χ2v) is 2.24. The lowest BCUT2D eigenvalue weighted by Gasteiger charge is -2.10. The smallest absolute Gasteiger partial charge is 0.387 e. The zero-order chi connectivity index (χ0) is 8.27. The Bertz CT molecular complexity index is 199. The second kappa shape index (κ2) is 3.37. The van der Waals surface area contributed by atoms with Gasteiger partial charge in [-0.15, -0.1) is 0 Å². The van der Waals surface area contributed by atoms with Crippen LogP contribution in [0.4, 0.5) is 8.78 Å². The fourth-order valence-electron chi connectivity index (χ4n) is 0.880. The Morgan fingerprint density at radius 2 is 2.27 bits per heavy atom. The highest BCUT2D eigenvalue weighted by molar-refractivity contribution is 5.21. The first-order valence-corrected chi connectivity index (χ1v) is 3.29. The SMILES string of the molecule is NC1=CC(OC(F)F)=CCC1. The quantitative estimate of drug-likeness (QED) is 0.669. The van der Waals surface area contributed by atoms with Gasteiger partial charge in [-0.1, -0.05) is 0 Å². The first-order chi connectivity index (χ1) is 5.18. The van der Waals surface area contributed by atoms with Gasteiger partial charge in [0.15, 0.2) is 0 Å². The fraction of sp³-hybridized carbons (Fsp3) is 0.429. The van der Waals surface area contributed by atoms with Crippen LogP contribution in [-0.4, -0.2) is 6.61 Å². The van der Waals surface area contributed by atoms with Gasteiger partial charge in [0.05, 0.1) is 0 Å². The predicted molar refractivity (Wildman–Crippen MR) is 36.7 cm³/mol. The minimum absolute atomic E-state index is 0.170. The molecule has 1 aliphatic carbocycles. The van der Waals surface area contributed by atoms with Crippen LogP contribution >= 0.6 is 0 Å². The van der Waals surface area contributed by atoms with E-state index in [9.17, 15) is 8.78 Å². The molecule has 0 radical (unpaired) electrons. The maximum Gasteiger partial charge on any atom is 0.387 e. The zero-order valence-electron chi connectivity index (χ0n) is 5.89. The molecule has 2 N–H and O–H groups in total. The molecular formula is C7H9F2NO. The summed E-state index contributed by atoms with van der Waals surface area (Å²) in [6.07, 6.45) is 4.42. The lowest BCUT2D eigenvalue weighted by molar-refractivity contribution is -0.0925. The topological polar surface area (TPSA) is 35.2 Å². The first-order valence-electron chi connectivity index (χ1n) is 3.29. The Morgan fingerprint density at radius 3 is 2.82 bits per heavy atom. The maximum atomic E-state index is 11.6. The molecule has 2 nitrogen and oxygen atoms in total. The van der Waals surface area contributed by atoms with E-state index in [2.05, 4.69) is 4.74 Å². The number of ether oxygens (including phenoxy) is 1. The largest absolute Gasteiger partial charge is 0.435 e. The van der Waals surface area contributed by atoms with Crippen LogP contribution in [0.5, 0.6) is 0 Å². The van der Waals surface area contributed by atoms with E-state index in [-0.39, 0.29) is 5.76 Å². The van der Waals surface area contributed by atoms with Gasteiger partial charge in [0, 0.05) is 5.70 Å². The number of rotatable bonds is 2. The summed E-state index contributed by atoms with van der Waals surface area (Å²) < 4.78 is 27.4. The van der Waals surface area contributed by atoms with Gasteiger partial charge in [0.1, 0.15) is 5.76 Å². The average molecular weight is 161 g/mol. The van der Waals surface area contributed by atoms with Crippen molar-refractivity contribution < 1.29 is 13.5 Å². The van der Waals surface area contributed by atoms with Gasteiger partial charge in [-0.2, -0.15) is 8.78 Å². The minimum atomic E-state index is -2.76. The molecule has 0 atom stereocenters. The molecule has 0 spiro atoms. The number of alkyl halides is 2. The fourth-order valence-corrected chi connectivity index (χ4v) is 0.880. The van der Waals surface area contributed by atoms with E-state index in [1.165, 1.54) is 6.08 Å². The van der Waals surface area contributed by atoms with Gasteiger partial charge in [-0.05, 0) is 25.0 Å². The number of hydrogen-bond donors (Lipinski definition) is 1. The van der Waals surface area contributed by atoms with Crippen LogP contribution < -0.4 is 5.73 Å². The van der Waals surface area contributed by atoms with E-state index in [1.54, 1.807) is 6.08 Å². The van der Waals surface area contributed by atoms with E-state index < -0.39 is 6.61 Å². The standard InChI is InChI=1S/C7H9F2NO/c8-7(9)11-6-3-1-2-5(10)4-6/h3-4,7H,1-2,10H2. The van der Waals surface area contributed by atoms with Gasteiger partial charge in [0.2, 0.25) is 0 Å². The molecule has 0 amide bonds. The Hall–Kier alpha value is -1.06. The predicted octanol–water partition coefficient (Wildman–Crippen LogP) is 1.75. The van der Waals surface area contributed by atoms with Crippen molar-refractivity contribution in [3.05, 3.63) is 23.6 Å². The molecule has 0 aliphatic heterocycles. The van der Waals surface area contributed by atoms with E-state index in [0.29, 0.717) is 12.1 Å². The number of halogens is 2. The summed E-state index contributed by atoms with van der Waals surface area (Å²) in [6.45, 7) is -2.76. The van der Waals surface area contributed by atoms with E-state index in [0.717, 1.165) is 6.42 Å². The summed E-state index contributed by atoms with van der Waals surface area (Å²) in [4.78, 5) is 0. The summed E-state index contributed by atoms with van der Waals surface area (Å²) >= 11 is 0. The van der Waals surface area contributed by atoms with Crippen LogP contribution in [-0.2, 0) is 4.74 Å². The van der Waals surface area contributed by atoms with Crippen LogP contribution in [0.3, 0.4) is 0 Å². The molecule has 0 unspecified atom stereocenters. The molecule has 62 valence electrons. The monoisotopic (exact) mass is 161 g/mol. The van der Waals surface area contributed by atoms with Gasteiger partial charge < -0.3 is 10.5 Å². The Morgan fingerprint density at radius 1 is 1.55 bits per heavy atom. The molecule has 0 saturated carbocycles. The van der Waals surface area contributed by atoms with Gasteiger partial charge in [-0.25, -0.2) is 0 Å². The summed E-state index contributed by atoms with van der Waals surface area (Å²) in [6, 6.07) is 0. The molecule has 0 aromatic heterocycles. The van der Waals surface area contributed by atoms with Crippen molar-refractivity contribution in [1.29, 1.82) is 0 Å². The van der Waals surface area contributed by atoms with E-state index >= 15 is 0 Å². The highest BCUT2D eigenvalue weighted by atomic mass is 19.3. The number of hydrogen-bond acceptors (Lipinski definition) is 2. The molecule has 0 aromatic carbocycles. The molecule has 0 saturated heterocycles. The van der Waals surface area contributed by atoms with Gasteiger partial charge >= 0.3 is 6.61 Å². The lowest BCUT2D eigenvalue weighted by Crippen LogP contribution is -2.05. The van der Waals surface area contributed by atoms with Crippen LogP contribution in [0.25, 0.3) is 0 Å². The van der Waals surface area contributed by atoms with Gasteiger partial charge in [-0.3, -0.25) is 0 Å². The molecule has 4 heteroatoms. The van der Waals surface area contributed by atoms with Crippen LogP contribution in [0.2, 0.25) is 0 Å². The lowest BCUT2D eigenvalue weighted by atomic mass is 10.1. The average Bonchev–Trinajstić information content (AvgIpc) is 1.85. The molecule has 0 bridgehead atoms. The maximum absolute atomic E-state index is 11.6. The normalized spacial score (nSPS) is 17.7. The van der Waals surface area contributed by atoms with Crippen molar-refractivity contribution in [1.82, 2.24) is 0 Å². The van der Waals surface area contributed by atoms with E-state index in [1.807, 2.05) is 0 Å². The molecule has 1 rings (SSSR count). The van der Waals surface area contributed by atoms with Crippen LogP contribution in [0.15, 0.2) is 23.6 Å². The van der Waals surface area contributed by atoms with Crippen molar-refractivity contribution in [2.45, 2.75) is 19.5 Å². The Kier molecular flexibility index (Phi) is 2.46. The second-order valence-electron chi connectivity index (χ2n) is 2.24. The van der Waals surface area contributed by atoms with Crippen molar-refractivity contribution in [2.24, 2.45) is 5.73 Å². The number of nitrogens with two attached hydrogens (primary N) is 1. The molecule has 0 aromatic rings. The molecular weight excluding hydrogens is 152 g/mol. The molecule has 0 fully saturated rings.